The van der Waals surface area contributed by atoms with Gasteiger partial charge in [0.2, 0.25) is 0 Å². The maximum absolute atomic E-state index is 12.6. The van der Waals surface area contributed by atoms with E-state index in [4.69, 9.17) is 4.42 Å². The number of nitrogens with one attached hydrogen (secondary N) is 1. The number of amides is 1. The van der Waals surface area contributed by atoms with E-state index < -0.39 is 0 Å². The van der Waals surface area contributed by atoms with E-state index in [0.717, 1.165) is 31.6 Å². The third-order valence-corrected chi connectivity index (χ3v) is 3.64. The number of hydrogen-bond donors (Lipinski definition) is 1. The van der Waals surface area contributed by atoms with Crippen molar-refractivity contribution in [3.05, 3.63) is 60.1 Å². The van der Waals surface area contributed by atoms with Crippen LogP contribution in [0.2, 0.25) is 0 Å². The van der Waals surface area contributed by atoms with Crippen LogP contribution in [0.1, 0.15) is 28.6 Å². The van der Waals surface area contributed by atoms with Crippen LogP contribution in [0.5, 0.6) is 0 Å². The van der Waals surface area contributed by atoms with E-state index in [0.29, 0.717) is 5.76 Å². The van der Waals surface area contributed by atoms with E-state index in [9.17, 15) is 4.79 Å². The summed E-state index contributed by atoms with van der Waals surface area (Å²) in [6, 6.07) is 13.7. The second-order valence-electron chi connectivity index (χ2n) is 4.96. The lowest BCUT2D eigenvalue weighted by atomic mass is 10.1. The largest absolute Gasteiger partial charge is 0.459 e. The first-order valence-corrected chi connectivity index (χ1v) is 6.96. The quantitative estimate of drug-likeness (QED) is 0.911. The molecule has 0 saturated carbocycles. The van der Waals surface area contributed by atoms with Crippen LogP contribution in [-0.4, -0.2) is 30.4 Å². The van der Waals surface area contributed by atoms with Gasteiger partial charge >= 0.3 is 0 Å². The highest BCUT2D eigenvalue weighted by Gasteiger charge is 2.28. The van der Waals surface area contributed by atoms with Gasteiger partial charge in [-0.2, -0.15) is 0 Å². The molecule has 0 spiro atoms. The maximum atomic E-state index is 12.6. The third-order valence-electron chi connectivity index (χ3n) is 3.64. The van der Waals surface area contributed by atoms with E-state index in [1.807, 2.05) is 23.1 Å². The summed E-state index contributed by atoms with van der Waals surface area (Å²) in [4.78, 5) is 14.5. The lowest BCUT2D eigenvalue weighted by molar-refractivity contribution is 0.0658. The molecular formula is C16H18N2O2. The van der Waals surface area contributed by atoms with Crippen molar-refractivity contribution < 1.29 is 9.21 Å². The molecule has 1 aromatic heterocycles. The molecule has 0 aliphatic carbocycles. The van der Waals surface area contributed by atoms with Gasteiger partial charge in [-0.1, -0.05) is 30.3 Å². The number of hydrogen-bond acceptors (Lipinski definition) is 3. The summed E-state index contributed by atoms with van der Waals surface area (Å²) >= 11 is 0. The predicted octanol–water partition coefficient (Wildman–Crippen LogP) is 2.46. The van der Waals surface area contributed by atoms with Crippen LogP contribution in [0, 0.1) is 0 Å². The molecule has 4 nitrogen and oxygen atoms in total. The minimum absolute atomic E-state index is 0.0347. The number of benzene rings is 1. The fourth-order valence-corrected chi connectivity index (χ4v) is 2.64. The number of carbonyl (C=O) groups is 1. The minimum atomic E-state index is -0.0347. The van der Waals surface area contributed by atoms with Gasteiger partial charge in [0, 0.05) is 13.1 Å². The molecule has 4 heteroatoms. The van der Waals surface area contributed by atoms with Crippen molar-refractivity contribution in [1.29, 1.82) is 0 Å². The molecule has 1 unspecified atom stereocenters. The summed E-state index contributed by atoms with van der Waals surface area (Å²) in [6.45, 7) is 2.45. The van der Waals surface area contributed by atoms with Gasteiger partial charge in [-0.25, -0.2) is 0 Å². The first kappa shape index (κ1) is 12.9. The summed E-state index contributed by atoms with van der Waals surface area (Å²) in [5, 5.41) is 3.40. The number of nitrogens with zero attached hydrogens (tertiary/aromatic N) is 1. The van der Waals surface area contributed by atoms with E-state index >= 15 is 0 Å². The molecular weight excluding hydrogens is 252 g/mol. The monoisotopic (exact) mass is 270 g/mol. The zero-order valence-corrected chi connectivity index (χ0v) is 11.3. The van der Waals surface area contributed by atoms with Gasteiger partial charge in [0.05, 0.1) is 12.3 Å². The minimum Gasteiger partial charge on any atom is -0.459 e. The van der Waals surface area contributed by atoms with E-state index in [-0.39, 0.29) is 11.9 Å². The van der Waals surface area contributed by atoms with Crippen LogP contribution in [0.25, 0.3) is 0 Å². The Morgan fingerprint density at radius 3 is 2.80 bits per heavy atom. The normalized spacial score (nSPS) is 19.6. The molecule has 0 radical (unpaired) electrons. The Hall–Kier alpha value is -2.07. The van der Waals surface area contributed by atoms with Crippen molar-refractivity contribution in [2.75, 3.05) is 19.6 Å². The highest BCUT2D eigenvalue weighted by molar-refractivity contribution is 5.91. The van der Waals surface area contributed by atoms with Crippen LogP contribution >= 0.6 is 0 Å². The molecule has 1 N–H and O–H groups in total. The van der Waals surface area contributed by atoms with Crippen LogP contribution in [0.3, 0.4) is 0 Å². The van der Waals surface area contributed by atoms with Gasteiger partial charge in [-0.05, 0) is 30.7 Å². The van der Waals surface area contributed by atoms with Crippen LogP contribution in [0.15, 0.2) is 53.1 Å². The molecule has 1 fully saturated rings. The lowest BCUT2D eigenvalue weighted by Crippen LogP contribution is -2.37. The van der Waals surface area contributed by atoms with Gasteiger partial charge < -0.3 is 14.6 Å². The molecule has 0 bridgehead atoms. The van der Waals surface area contributed by atoms with Gasteiger partial charge in [0.25, 0.3) is 5.91 Å². The fraction of sp³-hybridized carbons (Fsp3) is 0.312. The van der Waals surface area contributed by atoms with Crippen LogP contribution < -0.4 is 5.32 Å². The van der Waals surface area contributed by atoms with Crippen molar-refractivity contribution in [1.82, 2.24) is 10.2 Å². The molecule has 1 aliphatic heterocycles. The molecule has 20 heavy (non-hydrogen) atoms. The zero-order chi connectivity index (χ0) is 13.8. The van der Waals surface area contributed by atoms with Crippen molar-refractivity contribution in [2.24, 2.45) is 0 Å². The summed E-state index contributed by atoms with van der Waals surface area (Å²) in [5.74, 6) is 0.375. The van der Waals surface area contributed by atoms with Gasteiger partial charge in [-0.15, -0.1) is 0 Å². The Labute approximate surface area is 118 Å². The standard InChI is InChI=1S/C16H18N2O2/c19-16(15-8-4-11-20-15)18-10-5-9-17-12-14(18)13-6-2-1-3-7-13/h1-4,6-8,11,14,17H,5,9-10,12H2. The Bertz CT molecular complexity index is 551. The lowest BCUT2D eigenvalue weighted by Gasteiger charge is -2.29. The molecule has 104 valence electrons. The number of carbonyl (C=O) groups excluding carboxylic acids is 1. The molecule has 1 saturated heterocycles. The first-order chi connectivity index (χ1) is 9.86. The number of furan rings is 1. The van der Waals surface area contributed by atoms with E-state index in [1.165, 1.54) is 0 Å². The Kier molecular flexibility index (Phi) is 3.83. The predicted molar refractivity (Wildman–Crippen MR) is 76.4 cm³/mol. The molecule has 1 aliphatic rings. The van der Waals surface area contributed by atoms with Crippen molar-refractivity contribution in [2.45, 2.75) is 12.5 Å². The molecule has 3 rings (SSSR count). The first-order valence-electron chi connectivity index (χ1n) is 6.96. The molecule has 2 aromatic rings. The summed E-state index contributed by atoms with van der Waals surface area (Å²) in [7, 11) is 0. The second-order valence-corrected chi connectivity index (χ2v) is 4.96. The highest BCUT2D eigenvalue weighted by atomic mass is 16.3. The Morgan fingerprint density at radius 2 is 2.05 bits per heavy atom. The van der Waals surface area contributed by atoms with Crippen LogP contribution in [0.4, 0.5) is 0 Å². The zero-order valence-electron chi connectivity index (χ0n) is 11.3. The number of rotatable bonds is 2. The van der Waals surface area contributed by atoms with Crippen LogP contribution in [-0.2, 0) is 0 Å². The van der Waals surface area contributed by atoms with Crippen molar-refractivity contribution >= 4 is 5.91 Å². The topological polar surface area (TPSA) is 45.5 Å². The average Bonchev–Trinajstić information content (AvgIpc) is 2.92. The molecule has 1 atom stereocenters. The summed E-state index contributed by atoms with van der Waals surface area (Å²) < 4.78 is 5.26. The van der Waals surface area contributed by atoms with Crippen molar-refractivity contribution in [3.8, 4) is 0 Å². The summed E-state index contributed by atoms with van der Waals surface area (Å²) in [6.07, 6.45) is 2.50. The fourth-order valence-electron chi connectivity index (χ4n) is 2.64. The third kappa shape index (κ3) is 2.60. The molecule has 1 amide bonds. The van der Waals surface area contributed by atoms with Crippen molar-refractivity contribution in [3.63, 3.8) is 0 Å². The van der Waals surface area contributed by atoms with E-state index in [2.05, 4.69) is 17.4 Å². The highest BCUT2D eigenvalue weighted by Crippen LogP contribution is 2.24. The van der Waals surface area contributed by atoms with Gasteiger partial charge in [0.15, 0.2) is 5.76 Å². The van der Waals surface area contributed by atoms with E-state index in [1.54, 1.807) is 18.4 Å². The van der Waals surface area contributed by atoms with Gasteiger partial charge in [-0.3, -0.25) is 4.79 Å². The Balaban J connectivity index is 1.90. The maximum Gasteiger partial charge on any atom is 0.290 e. The Morgan fingerprint density at radius 1 is 1.20 bits per heavy atom. The molecule has 1 aromatic carbocycles. The second kappa shape index (κ2) is 5.92. The molecule has 2 heterocycles. The smallest absolute Gasteiger partial charge is 0.290 e. The SMILES string of the molecule is O=C(c1ccco1)N1CCCNCC1c1ccccc1. The summed E-state index contributed by atoms with van der Waals surface area (Å²) in [5.41, 5.74) is 1.15. The average molecular weight is 270 g/mol. The van der Waals surface area contributed by atoms with Gasteiger partial charge in [0.1, 0.15) is 0 Å².